The van der Waals surface area contributed by atoms with E-state index in [1.54, 1.807) is 40.0 Å². The van der Waals surface area contributed by atoms with Crippen LogP contribution in [-0.4, -0.2) is 22.5 Å². The fraction of sp³-hybridized carbons (Fsp3) is 0.381. The molecular weight excluding hydrogens is 328 g/mol. The lowest BCUT2D eigenvalue weighted by Gasteiger charge is -2.20. The summed E-state index contributed by atoms with van der Waals surface area (Å²) in [5.41, 5.74) is 3.01. The second kappa shape index (κ2) is 8.13. The molecule has 2 aromatic rings. The van der Waals surface area contributed by atoms with E-state index in [-0.39, 0.29) is 11.5 Å². The van der Waals surface area contributed by atoms with Gasteiger partial charge in [0.2, 0.25) is 0 Å². The number of hydrogen-bond donors (Lipinski definition) is 1. The summed E-state index contributed by atoms with van der Waals surface area (Å²) in [6.45, 7) is 9.22. The average Bonchev–Trinajstić information content (AvgIpc) is 2.59. The van der Waals surface area contributed by atoms with Crippen LogP contribution in [0.1, 0.15) is 57.1 Å². The van der Waals surface area contributed by atoms with Crippen molar-refractivity contribution in [3.8, 4) is 11.1 Å². The van der Waals surface area contributed by atoms with Crippen LogP contribution >= 0.6 is 0 Å². The number of pyridine rings is 1. The van der Waals surface area contributed by atoms with E-state index in [2.05, 4.69) is 29.4 Å². The zero-order valence-electron chi connectivity index (χ0n) is 16.1. The van der Waals surface area contributed by atoms with Crippen LogP contribution in [-0.2, 0) is 11.2 Å². The monoisotopic (exact) mass is 354 g/mol. The van der Waals surface area contributed by atoms with E-state index in [9.17, 15) is 9.59 Å². The van der Waals surface area contributed by atoms with Crippen molar-refractivity contribution < 1.29 is 14.3 Å². The van der Waals surface area contributed by atoms with E-state index in [0.29, 0.717) is 12.1 Å². The highest BCUT2D eigenvalue weighted by Gasteiger charge is 2.20. The first-order chi connectivity index (χ1) is 12.2. The summed E-state index contributed by atoms with van der Waals surface area (Å²) in [7, 11) is 0. The lowest BCUT2D eigenvalue weighted by Crippen LogP contribution is -2.28. The zero-order chi connectivity index (χ0) is 19.3. The van der Waals surface area contributed by atoms with Gasteiger partial charge in [0.25, 0.3) is 0 Å². The molecule has 0 atom stereocenters. The SMILES string of the molecule is CCC(=O)c1ncc(-c2cccc(CC)c2)cc1NC(=O)OC(C)(C)C. The van der Waals surface area contributed by atoms with Crippen LogP contribution in [0.15, 0.2) is 36.5 Å². The minimum absolute atomic E-state index is 0.134. The highest BCUT2D eigenvalue weighted by atomic mass is 16.6. The Morgan fingerprint density at radius 1 is 1.12 bits per heavy atom. The van der Waals surface area contributed by atoms with Crippen molar-refractivity contribution in [1.29, 1.82) is 0 Å². The third-order valence-electron chi connectivity index (χ3n) is 3.78. The largest absolute Gasteiger partial charge is 0.444 e. The van der Waals surface area contributed by atoms with E-state index < -0.39 is 11.7 Å². The molecule has 1 N–H and O–H groups in total. The fourth-order valence-electron chi connectivity index (χ4n) is 2.49. The molecule has 0 fully saturated rings. The van der Waals surface area contributed by atoms with Gasteiger partial charge < -0.3 is 4.74 Å². The number of anilines is 1. The quantitative estimate of drug-likeness (QED) is 0.745. The van der Waals surface area contributed by atoms with E-state index in [1.165, 1.54) is 5.56 Å². The fourth-order valence-corrected chi connectivity index (χ4v) is 2.49. The number of carbonyl (C=O) groups excluding carboxylic acids is 2. The van der Waals surface area contributed by atoms with Gasteiger partial charge in [-0.2, -0.15) is 0 Å². The molecule has 0 aliphatic heterocycles. The summed E-state index contributed by atoms with van der Waals surface area (Å²) >= 11 is 0. The van der Waals surface area contributed by atoms with E-state index >= 15 is 0 Å². The summed E-state index contributed by atoms with van der Waals surface area (Å²) in [5.74, 6) is -0.134. The Hall–Kier alpha value is -2.69. The normalized spacial score (nSPS) is 11.1. The predicted octanol–water partition coefficient (Wildman–Crippen LogP) is 5.25. The molecule has 5 heteroatoms. The number of nitrogens with one attached hydrogen (secondary N) is 1. The topological polar surface area (TPSA) is 68.3 Å². The van der Waals surface area contributed by atoms with Crippen LogP contribution < -0.4 is 5.32 Å². The highest BCUT2D eigenvalue weighted by Crippen LogP contribution is 2.26. The molecule has 0 aliphatic rings. The Bertz CT molecular complexity index is 807. The summed E-state index contributed by atoms with van der Waals surface area (Å²) < 4.78 is 5.30. The Labute approximate surface area is 154 Å². The molecule has 26 heavy (non-hydrogen) atoms. The van der Waals surface area contributed by atoms with Gasteiger partial charge in [0, 0.05) is 18.2 Å². The van der Waals surface area contributed by atoms with Crippen LogP contribution in [0.25, 0.3) is 11.1 Å². The summed E-state index contributed by atoms with van der Waals surface area (Å²) in [6, 6.07) is 9.88. The molecule has 0 saturated heterocycles. The summed E-state index contributed by atoms with van der Waals surface area (Å²) in [6.07, 6.45) is 2.29. The van der Waals surface area contributed by atoms with Gasteiger partial charge in [0.05, 0.1) is 5.69 Å². The van der Waals surface area contributed by atoms with Gasteiger partial charge in [-0.25, -0.2) is 4.79 Å². The molecule has 0 aliphatic carbocycles. The predicted molar refractivity (Wildman–Crippen MR) is 104 cm³/mol. The van der Waals surface area contributed by atoms with Gasteiger partial charge in [0.1, 0.15) is 11.3 Å². The van der Waals surface area contributed by atoms with Crippen LogP contribution in [0.3, 0.4) is 0 Å². The van der Waals surface area contributed by atoms with Crippen molar-refractivity contribution in [2.24, 2.45) is 0 Å². The molecule has 0 spiro atoms. The molecule has 0 unspecified atom stereocenters. The average molecular weight is 354 g/mol. The lowest BCUT2D eigenvalue weighted by atomic mass is 10.0. The first-order valence-corrected chi connectivity index (χ1v) is 8.86. The smallest absolute Gasteiger partial charge is 0.412 e. The van der Waals surface area contributed by atoms with Crippen molar-refractivity contribution >= 4 is 17.6 Å². The van der Waals surface area contributed by atoms with E-state index in [1.807, 2.05) is 12.1 Å². The van der Waals surface area contributed by atoms with Gasteiger partial charge >= 0.3 is 6.09 Å². The maximum absolute atomic E-state index is 12.2. The van der Waals surface area contributed by atoms with Crippen molar-refractivity contribution in [2.75, 3.05) is 5.32 Å². The lowest BCUT2D eigenvalue weighted by molar-refractivity contribution is 0.0636. The first-order valence-electron chi connectivity index (χ1n) is 8.86. The number of rotatable bonds is 5. The molecule has 1 aromatic carbocycles. The number of aromatic nitrogens is 1. The minimum Gasteiger partial charge on any atom is -0.444 e. The van der Waals surface area contributed by atoms with Crippen LogP contribution in [0, 0.1) is 0 Å². The van der Waals surface area contributed by atoms with Crippen LogP contribution in [0.2, 0.25) is 0 Å². The Kier molecular flexibility index (Phi) is 6.14. The Morgan fingerprint density at radius 2 is 1.85 bits per heavy atom. The van der Waals surface area contributed by atoms with Crippen molar-refractivity contribution in [3.05, 3.63) is 47.8 Å². The van der Waals surface area contributed by atoms with Gasteiger partial charge in [-0.05, 0) is 44.4 Å². The summed E-state index contributed by atoms with van der Waals surface area (Å²) in [4.78, 5) is 28.7. The van der Waals surface area contributed by atoms with E-state index in [4.69, 9.17) is 4.74 Å². The standard InChI is InChI=1S/C21H26N2O3/c1-6-14-9-8-10-15(11-14)16-12-17(19(22-13-16)18(24)7-2)23-20(25)26-21(3,4)5/h8-13H,6-7H2,1-5H3,(H,23,25). The highest BCUT2D eigenvalue weighted by molar-refractivity contribution is 6.02. The third-order valence-corrected chi connectivity index (χ3v) is 3.78. The van der Waals surface area contributed by atoms with Gasteiger partial charge in [-0.3, -0.25) is 15.1 Å². The van der Waals surface area contributed by atoms with Crippen LogP contribution in [0.5, 0.6) is 0 Å². The maximum atomic E-state index is 12.2. The molecule has 1 aromatic heterocycles. The van der Waals surface area contributed by atoms with Crippen LogP contribution in [0.4, 0.5) is 10.5 Å². The van der Waals surface area contributed by atoms with Crippen molar-refractivity contribution in [1.82, 2.24) is 4.98 Å². The van der Waals surface area contributed by atoms with Crippen molar-refractivity contribution in [2.45, 2.75) is 53.1 Å². The maximum Gasteiger partial charge on any atom is 0.412 e. The first kappa shape index (κ1) is 19.6. The van der Waals surface area contributed by atoms with Gasteiger partial charge in [-0.1, -0.05) is 38.1 Å². The number of ketones is 1. The van der Waals surface area contributed by atoms with E-state index in [0.717, 1.165) is 17.5 Å². The van der Waals surface area contributed by atoms with Gasteiger partial charge in [0.15, 0.2) is 5.78 Å². The molecular formula is C21H26N2O3. The number of nitrogens with zero attached hydrogens (tertiary/aromatic N) is 1. The molecule has 2 rings (SSSR count). The second-order valence-corrected chi connectivity index (χ2v) is 7.08. The summed E-state index contributed by atoms with van der Waals surface area (Å²) in [5, 5.41) is 2.68. The molecule has 0 bridgehead atoms. The van der Waals surface area contributed by atoms with Gasteiger partial charge in [-0.15, -0.1) is 0 Å². The third kappa shape index (κ3) is 5.15. The number of benzene rings is 1. The molecule has 1 heterocycles. The number of hydrogen-bond acceptors (Lipinski definition) is 4. The molecule has 5 nitrogen and oxygen atoms in total. The number of aryl methyl sites for hydroxylation is 1. The second-order valence-electron chi connectivity index (χ2n) is 7.08. The minimum atomic E-state index is -0.625. The number of ether oxygens (including phenoxy) is 1. The Balaban J connectivity index is 2.41. The number of carbonyl (C=O) groups is 2. The molecule has 0 saturated carbocycles. The number of amides is 1. The zero-order valence-corrected chi connectivity index (χ0v) is 16.1. The molecule has 0 radical (unpaired) electrons. The Morgan fingerprint density at radius 3 is 2.46 bits per heavy atom. The molecule has 138 valence electrons. The van der Waals surface area contributed by atoms with Crippen molar-refractivity contribution in [3.63, 3.8) is 0 Å². The molecule has 1 amide bonds. The number of Topliss-reactive ketones (excluding diaryl/α,β-unsaturated/α-hetero) is 1.